The van der Waals surface area contributed by atoms with Gasteiger partial charge in [0.05, 0.1) is 17.7 Å². The van der Waals surface area contributed by atoms with Gasteiger partial charge in [-0.05, 0) is 24.6 Å². The van der Waals surface area contributed by atoms with Gasteiger partial charge in [0.1, 0.15) is 0 Å². The Bertz CT molecular complexity index is 1020. The number of benzene rings is 2. The van der Waals surface area contributed by atoms with Crippen LogP contribution in [0.3, 0.4) is 0 Å². The Labute approximate surface area is 172 Å². The Morgan fingerprint density at radius 2 is 1.55 bits per heavy atom. The quantitative estimate of drug-likeness (QED) is 0.533. The van der Waals surface area contributed by atoms with E-state index in [0.717, 1.165) is 21.7 Å². The van der Waals surface area contributed by atoms with Crippen LogP contribution >= 0.6 is 0 Å². The molecule has 2 N–H and O–H groups in total. The van der Waals surface area contributed by atoms with Gasteiger partial charge in [0.2, 0.25) is 26.0 Å². The number of carbonyl (C=O) groups is 1. The van der Waals surface area contributed by atoms with Crippen LogP contribution in [0.4, 0.5) is 0 Å². The average molecular weight is 440 g/mol. The van der Waals surface area contributed by atoms with Crippen molar-refractivity contribution in [2.24, 2.45) is 0 Å². The number of hydrogen-bond donors (Lipinski definition) is 2. The highest BCUT2D eigenvalue weighted by molar-refractivity contribution is 7.89. The minimum atomic E-state index is -3.67. The summed E-state index contributed by atoms with van der Waals surface area (Å²) in [5.41, 5.74) is 1.71. The van der Waals surface area contributed by atoms with Crippen LogP contribution in [-0.2, 0) is 31.4 Å². The molecule has 0 saturated carbocycles. The lowest BCUT2D eigenvalue weighted by atomic mass is 10.2. The summed E-state index contributed by atoms with van der Waals surface area (Å²) in [6.45, 7) is 1.61. The van der Waals surface area contributed by atoms with E-state index >= 15 is 0 Å². The molecule has 0 atom stereocenters. The second kappa shape index (κ2) is 9.97. The fourth-order valence-electron chi connectivity index (χ4n) is 2.48. The van der Waals surface area contributed by atoms with Crippen LogP contribution in [0.1, 0.15) is 11.1 Å². The number of amides is 1. The number of nitrogens with zero attached hydrogens (tertiary/aromatic N) is 1. The van der Waals surface area contributed by atoms with E-state index in [1.165, 1.54) is 12.1 Å². The van der Waals surface area contributed by atoms with E-state index < -0.39 is 26.0 Å². The van der Waals surface area contributed by atoms with Crippen molar-refractivity contribution in [3.05, 3.63) is 65.7 Å². The standard InChI is InChI=1S/C19H25N3O5S2/c1-16-8-10-18(11-9-16)29(26,27)21-13-12-20-19(23)15-22(28(2,24)25)14-17-6-4-3-5-7-17/h3-11,21H,12-15H2,1-2H3,(H,20,23). The Morgan fingerprint density at radius 1 is 0.931 bits per heavy atom. The normalized spacial score (nSPS) is 12.1. The second-order valence-corrected chi connectivity index (χ2v) is 10.3. The number of hydrogen-bond acceptors (Lipinski definition) is 5. The van der Waals surface area contributed by atoms with Crippen LogP contribution in [0, 0.1) is 6.92 Å². The monoisotopic (exact) mass is 439 g/mol. The van der Waals surface area contributed by atoms with Gasteiger partial charge in [-0.25, -0.2) is 21.6 Å². The number of aryl methyl sites for hydroxylation is 1. The number of carbonyl (C=O) groups excluding carboxylic acids is 1. The van der Waals surface area contributed by atoms with Crippen molar-refractivity contribution in [2.45, 2.75) is 18.4 Å². The molecule has 0 bridgehead atoms. The van der Waals surface area contributed by atoms with Crippen molar-refractivity contribution in [1.29, 1.82) is 0 Å². The lowest BCUT2D eigenvalue weighted by Gasteiger charge is -2.19. The summed E-state index contributed by atoms with van der Waals surface area (Å²) in [5.74, 6) is -0.513. The SMILES string of the molecule is Cc1ccc(S(=O)(=O)NCCNC(=O)CN(Cc2ccccc2)S(C)(=O)=O)cc1. The summed E-state index contributed by atoms with van der Waals surface area (Å²) < 4.78 is 51.8. The Balaban J connectivity index is 1.85. The summed E-state index contributed by atoms with van der Waals surface area (Å²) in [7, 11) is -7.26. The zero-order valence-corrected chi connectivity index (χ0v) is 18.0. The van der Waals surface area contributed by atoms with E-state index in [-0.39, 0.29) is 31.1 Å². The van der Waals surface area contributed by atoms with Crippen LogP contribution in [0.15, 0.2) is 59.5 Å². The highest BCUT2D eigenvalue weighted by Crippen LogP contribution is 2.10. The van der Waals surface area contributed by atoms with E-state index in [2.05, 4.69) is 10.0 Å². The van der Waals surface area contributed by atoms with Crippen LogP contribution in [0.2, 0.25) is 0 Å². The van der Waals surface area contributed by atoms with Gasteiger partial charge in [0.25, 0.3) is 0 Å². The van der Waals surface area contributed by atoms with Gasteiger partial charge in [-0.2, -0.15) is 4.31 Å². The van der Waals surface area contributed by atoms with Crippen molar-refractivity contribution in [3.8, 4) is 0 Å². The van der Waals surface area contributed by atoms with Gasteiger partial charge >= 0.3 is 0 Å². The minimum absolute atomic E-state index is 0.0144. The van der Waals surface area contributed by atoms with E-state index in [1.807, 2.05) is 13.0 Å². The molecule has 0 aliphatic carbocycles. The molecule has 2 aromatic rings. The lowest BCUT2D eigenvalue weighted by molar-refractivity contribution is -0.121. The summed E-state index contributed by atoms with van der Waals surface area (Å²) in [4.78, 5) is 12.3. The molecule has 0 heterocycles. The first kappa shape index (κ1) is 23.0. The van der Waals surface area contributed by atoms with Crippen molar-refractivity contribution in [2.75, 3.05) is 25.9 Å². The first-order valence-electron chi connectivity index (χ1n) is 8.90. The summed E-state index contributed by atoms with van der Waals surface area (Å²) in [6.07, 6.45) is 1.04. The highest BCUT2D eigenvalue weighted by Gasteiger charge is 2.20. The second-order valence-electron chi connectivity index (χ2n) is 6.58. The van der Waals surface area contributed by atoms with Crippen molar-refractivity contribution < 1.29 is 21.6 Å². The average Bonchev–Trinajstić information content (AvgIpc) is 2.65. The molecule has 8 nitrogen and oxygen atoms in total. The zero-order chi connectivity index (χ0) is 21.5. The summed E-state index contributed by atoms with van der Waals surface area (Å²) in [5, 5.41) is 2.53. The number of sulfonamides is 2. The summed E-state index contributed by atoms with van der Waals surface area (Å²) >= 11 is 0. The molecule has 2 aromatic carbocycles. The van der Waals surface area contributed by atoms with E-state index in [0.29, 0.717) is 0 Å². The van der Waals surface area contributed by atoms with Crippen LogP contribution < -0.4 is 10.0 Å². The molecule has 10 heteroatoms. The summed E-state index contributed by atoms with van der Waals surface area (Å²) in [6, 6.07) is 15.3. The molecule has 0 saturated heterocycles. The Morgan fingerprint density at radius 3 is 2.14 bits per heavy atom. The van der Waals surface area contributed by atoms with Crippen LogP contribution in [0.25, 0.3) is 0 Å². The maximum absolute atomic E-state index is 12.2. The molecule has 0 aliphatic heterocycles. The fraction of sp³-hybridized carbons (Fsp3) is 0.316. The third-order valence-corrected chi connectivity index (χ3v) is 6.73. The van der Waals surface area contributed by atoms with E-state index in [1.54, 1.807) is 36.4 Å². The van der Waals surface area contributed by atoms with Crippen LogP contribution in [0.5, 0.6) is 0 Å². The largest absolute Gasteiger partial charge is 0.354 e. The molecular formula is C19H25N3O5S2. The highest BCUT2D eigenvalue weighted by atomic mass is 32.2. The van der Waals surface area contributed by atoms with Crippen LogP contribution in [-0.4, -0.2) is 52.9 Å². The fourth-order valence-corrected chi connectivity index (χ4v) is 4.25. The first-order chi connectivity index (χ1) is 13.6. The topological polar surface area (TPSA) is 113 Å². The maximum atomic E-state index is 12.2. The van der Waals surface area contributed by atoms with Gasteiger partial charge in [0.15, 0.2) is 0 Å². The predicted molar refractivity (Wildman–Crippen MR) is 111 cm³/mol. The zero-order valence-electron chi connectivity index (χ0n) is 16.3. The number of nitrogens with one attached hydrogen (secondary N) is 2. The molecule has 2 rings (SSSR count). The first-order valence-corrected chi connectivity index (χ1v) is 12.2. The molecule has 1 amide bonds. The lowest BCUT2D eigenvalue weighted by Crippen LogP contribution is -2.42. The van der Waals surface area contributed by atoms with E-state index in [9.17, 15) is 21.6 Å². The molecular weight excluding hydrogens is 414 g/mol. The predicted octanol–water partition coefficient (Wildman–Crippen LogP) is 0.851. The molecule has 29 heavy (non-hydrogen) atoms. The Hall–Kier alpha value is -2.27. The van der Waals surface area contributed by atoms with Gasteiger partial charge in [0, 0.05) is 19.6 Å². The van der Waals surface area contributed by atoms with Crippen molar-refractivity contribution in [3.63, 3.8) is 0 Å². The molecule has 0 radical (unpaired) electrons. The van der Waals surface area contributed by atoms with E-state index in [4.69, 9.17) is 0 Å². The molecule has 158 valence electrons. The molecule has 0 unspecified atom stereocenters. The molecule has 0 spiro atoms. The number of rotatable bonds is 10. The van der Waals surface area contributed by atoms with Crippen molar-refractivity contribution >= 4 is 26.0 Å². The van der Waals surface area contributed by atoms with Gasteiger partial charge < -0.3 is 5.32 Å². The van der Waals surface area contributed by atoms with Gasteiger partial charge in [-0.15, -0.1) is 0 Å². The minimum Gasteiger partial charge on any atom is -0.354 e. The Kier molecular flexibility index (Phi) is 7.91. The van der Waals surface area contributed by atoms with Crippen molar-refractivity contribution in [1.82, 2.24) is 14.3 Å². The van der Waals surface area contributed by atoms with Gasteiger partial charge in [-0.3, -0.25) is 4.79 Å². The molecule has 0 aliphatic rings. The third-order valence-electron chi connectivity index (χ3n) is 4.06. The smallest absolute Gasteiger partial charge is 0.240 e. The van der Waals surface area contributed by atoms with Gasteiger partial charge in [-0.1, -0.05) is 48.0 Å². The third kappa shape index (κ3) is 7.58. The molecule has 0 fully saturated rings. The molecule has 0 aromatic heterocycles. The maximum Gasteiger partial charge on any atom is 0.240 e.